The van der Waals surface area contributed by atoms with Crippen molar-refractivity contribution in [1.29, 1.82) is 0 Å². The van der Waals surface area contributed by atoms with Crippen LogP contribution in [0.5, 0.6) is 0 Å². The van der Waals surface area contributed by atoms with Gasteiger partial charge in [0, 0.05) is 0 Å². The zero-order valence-electron chi connectivity index (χ0n) is 2.01. The SMILES string of the molecule is C.FC(F)(Cl)Cl. The molecule has 0 atom stereocenters. The van der Waals surface area contributed by atoms with Crippen LogP contribution >= 0.6 is 23.2 Å². The summed E-state index contributed by atoms with van der Waals surface area (Å²) in [5.74, 6) is 0. The van der Waals surface area contributed by atoms with Crippen molar-refractivity contribution in [2.75, 3.05) is 0 Å². The number of hydrogen-bond donors (Lipinski definition) is 0. The van der Waals surface area contributed by atoms with Crippen LogP contribution < -0.4 is 0 Å². The molecule has 0 bridgehead atoms. The molecule has 6 heavy (non-hydrogen) atoms. The van der Waals surface area contributed by atoms with E-state index in [0.29, 0.717) is 0 Å². The number of hydrogen-bond acceptors (Lipinski definition) is 0. The van der Waals surface area contributed by atoms with Gasteiger partial charge >= 0.3 is 4.84 Å². The molecule has 0 N–H and O–H groups in total. The molecule has 0 heterocycles. The molecule has 0 saturated carbocycles. The zero-order valence-corrected chi connectivity index (χ0v) is 3.52. The second-order valence-electron chi connectivity index (χ2n) is 0.429. The van der Waals surface area contributed by atoms with Gasteiger partial charge in [0.25, 0.3) is 0 Å². The van der Waals surface area contributed by atoms with Gasteiger partial charge < -0.3 is 0 Å². The van der Waals surface area contributed by atoms with E-state index in [9.17, 15) is 8.78 Å². The molecule has 0 saturated heterocycles. The second kappa shape index (κ2) is 2.59. The van der Waals surface area contributed by atoms with E-state index in [0.717, 1.165) is 0 Å². The Kier molecular flexibility index (Phi) is 4.17. The Balaban J connectivity index is 0. The summed E-state index contributed by atoms with van der Waals surface area (Å²) in [5.41, 5.74) is 0. The van der Waals surface area contributed by atoms with Crippen LogP contribution in [0.2, 0.25) is 0 Å². The Morgan fingerprint density at radius 3 is 1.17 bits per heavy atom. The average molecular weight is 137 g/mol. The molecule has 0 rings (SSSR count). The van der Waals surface area contributed by atoms with E-state index >= 15 is 0 Å². The van der Waals surface area contributed by atoms with Gasteiger partial charge in [-0.1, -0.05) is 7.43 Å². The van der Waals surface area contributed by atoms with E-state index in [4.69, 9.17) is 0 Å². The lowest BCUT2D eigenvalue weighted by atomic mass is 11.7. The molecule has 4 heteroatoms. The Labute approximate surface area is 45.0 Å². The molecule has 0 aromatic carbocycles. The van der Waals surface area contributed by atoms with Gasteiger partial charge in [-0.25, -0.2) is 0 Å². The van der Waals surface area contributed by atoms with Crippen LogP contribution in [0.1, 0.15) is 7.43 Å². The molecule has 0 aliphatic rings. The second-order valence-corrected chi connectivity index (χ2v) is 1.57. The lowest BCUT2D eigenvalue weighted by Gasteiger charge is -1.87. The summed E-state index contributed by atoms with van der Waals surface area (Å²) in [6, 6.07) is 0. The van der Waals surface area contributed by atoms with E-state index in [1.165, 1.54) is 0 Å². The van der Waals surface area contributed by atoms with Crippen LogP contribution in [-0.2, 0) is 0 Å². The number of halogens is 4. The summed E-state index contributed by atoms with van der Waals surface area (Å²) in [6.07, 6.45) is 0. The summed E-state index contributed by atoms with van der Waals surface area (Å²) < 4.78 is 21.1. The van der Waals surface area contributed by atoms with E-state index in [2.05, 4.69) is 23.2 Å². The smallest absolute Gasteiger partial charge is 0.172 e. The van der Waals surface area contributed by atoms with Crippen LogP contribution in [0, 0.1) is 0 Å². The standard InChI is InChI=1S/CCl2F2.CH4/c2-1(3,4)5;/h;1H4. The van der Waals surface area contributed by atoms with Crippen molar-refractivity contribution in [2.45, 2.75) is 12.3 Å². The molecule has 0 nitrogen and oxygen atoms in total. The van der Waals surface area contributed by atoms with Crippen molar-refractivity contribution in [1.82, 2.24) is 0 Å². The molecule has 0 aliphatic carbocycles. The maximum absolute atomic E-state index is 10.6. The number of rotatable bonds is 0. The normalized spacial score (nSPS) is 10.0. The van der Waals surface area contributed by atoms with Crippen molar-refractivity contribution in [3.05, 3.63) is 0 Å². The maximum atomic E-state index is 10.6. The Bertz CT molecular complexity index is 25.0. The highest BCUT2D eigenvalue weighted by molar-refractivity contribution is 6.45. The topological polar surface area (TPSA) is 0 Å². The molecule has 0 aliphatic heterocycles. The highest BCUT2D eigenvalue weighted by Crippen LogP contribution is 2.22. The third kappa shape index (κ3) is 271. The molecule has 0 aromatic rings. The van der Waals surface area contributed by atoms with Crippen LogP contribution in [0.25, 0.3) is 0 Å². The first-order valence-corrected chi connectivity index (χ1v) is 1.51. The highest BCUT2D eigenvalue weighted by Gasteiger charge is 2.17. The van der Waals surface area contributed by atoms with Gasteiger partial charge in [-0.2, -0.15) is 8.78 Å². The molecule has 0 aromatic heterocycles. The summed E-state index contributed by atoms with van der Waals surface area (Å²) in [7, 11) is 0. The maximum Gasteiger partial charge on any atom is 0.401 e. The van der Waals surface area contributed by atoms with Gasteiger partial charge in [-0.15, -0.1) is 0 Å². The minimum absolute atomic E-state index is 0. The van der Waals surface area contributed by atoms with Crippen molar-refractivity contribution in [2.24, 2.45) is 0 Å². The van der Waals surface area contributed by atoms with Crippen LogP contribution in [0.4, 0.5) is 8.78 Å². The first-order valence-electron chi connectivity index (χ1n) is 0.756. The van der Waals surface area contributed by atoms with Gasteiger partial charge in [0.15, 0.2) is 0 Å². The van der Waals surface area contributed by atoms with Gasteiger partial charge in [0.1, 0.15) is 0 Å². The lowest BCUT2D eigenvalue weighted by molar-refractivity contribution is 0.194. The summed E-state index contributed by atoms with van der Waals surface area (Å²) in [4.78, 5) is -3.56. The third-order valence-corrected chi connectivity index (χ3v) is 0. The Morgan fingerprint density at radius 1 is 1.17 bits per heavy atom. The van der Waals surface area contributed by atoms with Crippen molar-refractivity contribution in [3.63, 3.8) is 0 Å². The van der Waals surface area contributed by atoms with E-state index in [1.54, 1.807) is 0 Å². The molecule has 40 valence electrons. The van der Waals surface area contributed by atoms with Gasteiger partial charge in [0.2, 0.25) is 0 Å². The zero-order chi connectivity index (χ0) is 4.50. The van der Waals surface area contributed by atoms with E-state index in [1.807, 2.05) is 0 Å². The molecule has 0 spiro atoms. The summed E-state index contributed by atoms with van der Waals surface area (Å²) in [5, 5.41) is 0. The minimum atomic E-state index is -3.56. The van der Waals surface area contributed by atoms with Crippen molar-refractivity contribution in [3.8, 4) is 0 Å². The van der Waals surface area contributed by atoms with Crippen molar-refractivity contribution >= 4 is 23.2 Å². The lowest BCUT2D eigenvalue weighted by Crippen LogP contribution is -1.86. The van der Waals surface area contributed by atoms with Gasteiger partial charge in [-0.05, 0) is 23.2 Å². The predicted octanol–water partition coefficient (Wildman–Crippen LogP) is 2.65. The molecule has 0 fully saturated rings. The predicted molar refractivity (Wildman–Crippen MR) is 23.4 cm³/mol. The molecule has 0 unspecified atom stereocenters. The first-order chi connectivity index (χ1) is 2.00. The van der Waals surface area contributed by atoms with Crippen LogP contribution in [0.3, 0.4) is 0 Å². The van der Waals surface area contributed by atoms with Crippen molar-refractivity contribution < 1.29 is 8.78 Å². The first kappa shape index (κ1) is 9.67. The molecule has 0 radical (unpaired) electrons. The van der Waals surface area contributed by atoms with Crippen LogP contribution in [-0.4, -0.2) is 4.84 Å². The average Bonchev–Trinajstić information content (AvgIpc) is 0.722. The Morgan fingerprint density at radius 2 is 1.17 bits per heavy atom. The molecular formula is C2H4Cl2F2. The molecule has 0 amide bonds. The quantitative estimate of drug-likeness (QED) is 0.450. The minimum Gasteiger partial charge on any atom is -0.172 e. The monoisotopic (exact) mass is 136 g/mol. The Hall–Kier alpha value is 0.440. The fraction of sp³-hybridized carbons (Fsp3) is 1.00. The third-order valence-electron chi connectivity index (χ3n) is 0. The van der Waals surface area contributed by atoms with Gasteiger partial charge in [0.05, 0.1) is 0 Å². The van der Waals surface area contributed by atoms with Crippen LogP contribution in [0.15, 0.2) is 0 Å². The number of alkyl halides is 4. The fourth-order valence-electron chi connectivity index (χ4n) is 0. The van der Waals surface area contributed by atoms with E-state index < -0.39 is 4.84 Å². The van der Waals surface area contributed by atoms with E-state index in [-0.39, 0.29) is 7.43 Å². The summed E-state index contributed by atoms with van der Waals surface area (Å²) in [6.45, 7) is 0. The fourth-order valence-corrected chi connectivity index (χ4v) is 0. The summed E-state index contributed by atoms with van der Waals surface area (Å²) >= 11 is 7.92. The highest BCUT2D eigenvalue weighted by atomic mass is 35.5. The molecular weight excluding hydrogens is 133 g/mol. The largest absolute Gasteiger partial charge is 0.401 e. The van der Waals surface area contributed by atoms with Gasteiger partial charge in [-0.3, -0.25) is 0 Å².